The van der Waals surface area contributed by atoms with E-state index in [1.807, 2.05) is 0 Å². The fourth-order valence-electron chi connectivity index (χ4n) is 5.50. The van der Waals surface area contributed by atoms with Crippen molar-refractivity contribution in [2.24, 2.45) is 29.4 Å². The first-order valence-corrected chi connectivity index (χ1v) is 12.2. The van der Waals surface area contributed by atoms with Gasteiger partial charge in [-0.2, -0.15) is 31.6 Å². The molecule has 4 amide bonds. The van der Waals surface area contributed by atoms with Gasteiger partial charge in [0.15, 0.2) is 5.92 Å². The third-order valence-corrected chi connectivity index (χ3v) is 7.13. The summed E-state index contributed by atoms with van der Waals surface area (Å²) in [6, 6.07) is -2.16. The van der Waals surface area contributed by atoms with E-state index in [1.165, 1.54) is 5.32 Å². The van der Waals surface area contributed by atoms with Crippen molar-refractivity contribution in [3.8, 4) is 6.07 Å². The molecule has 0 radical (unpaired) electrons. The van der Waals surface area contributed by atoms with Crippen LogP contribution in [0.4, 0.5) is 26.3 Å². The lowest BCUT2D eigenvalue weighted by atomic mass is 9.93. The number of carbonyl (C=O) groups excluding carboxylic acids is 4. The Morgan fingerprint density at radius 2 is 1.76 bits per heavy atom. The van der Waals surface area contributed by atoms with Gasteiger partial charge in [0.25, 0.3) is 0 Å². The number of fused-ring (bicyclic) bond motifs is 1. The maximum atomic E-state index is 13.1. The average molecular weight is 556 g/mol. The number of nitrogens with one attached hydrogen (secondary N) is 2. The van der Waals surface area contributed by atoms with Gasteiger partial charge in [0, 0.05) is 32.4 Å². The quantitative estimate of drug-likeness (QED) is 0.430. The highest BCUT2D eigenvalue weighted by Gasteiger charge is 2.64. The summed E-state index contributed by atoms with van der Waals surface area (Å²) in [5.41, 5.74) is 5.27. The van der Waals surface area contributed by atoms with Gasteiger partial charge in [-0.25, -0.2) is 0 Å². The Morgan fingerprint density at radius 1 is 1.13 bits per heavy atom. The van der Waals surface area contributed by atoms with Gasteiger partial charge in [-0.15, -0.1) is 0 Å². The lowest BCUT2D eigenvalue weighted by Crippen LogP contribution is -2.61. The number of alkyl halides is 6. The number of hydrogen-bond donors (Lipinski definition) is 3. The van der Waals surface area contributed by atoms with Crippen molar-refractivity contribution in [3.05, 3.63) is 0 Å². The highest BCUT2D eigenvalue weighted by Crippen LogP contribution is 2.45. The number of piperidine rings is 1. The largest absolute Gasteiger partial charge is 0.403 e. The molecule has 0 aromatic carbocycles. The number of hydrogen-bond acceptors (Lipinski definition) is 5. The zero-order valence-corrected chi connectivity index (χ0v) is 20.7. The summed E-state index contributed by atoms with van der Waals surface area (Å²) in [5.74, 6) is -8.33. The number of amides is 4. The summed E-state index contributed by atoms with van der Waals surface area (Å²) in [4.78, 5) is 47.4. The third-order valence-electron chi connectivity index (χ3n) is 7.13. The number of halogens is 6. The molecule has 1 saturated carbocycles. The molecule has 5 atom stereocenters. The molecule has 9 nitrogen and oxygen atoms in total. The van der Waals surface area contributed by atoms with Crippen molar-refractivity contribution >= 4 is 23.6 Å². The van der Waals surface area contributed by atoms with Gasteiger partial charge in [-0.1, -0.05) is 6.42 Å². The molecule has 5 unspecified atom stereocenters. The van der Waals surface area contributed by atoms with Crippen LogP contribution in [0.15, 0.2) is 0 Å². The normalized spacial score (nSPS) is 26.0. The number of likely N-dealkylation sites (tertiary alicyclic amines) is 1. The summed E-state index contributed by atoms with van der Waals surface area (Å²) in [6.07, 6.45) is -6.63. The molecule has 2 heterocycles. The van der Waals surface area contributed by atoms with E-state index in [1.54, 1.807) is 0 Å². The molecule has 0 aromatic heterocycles. The van der Waals surface area contributed by atoms with E-state index in [4.69, 9.17) is 11.0 Å². The molecule has 1 aliphatic carbocycles. The van der Waals surface area contributed by atoms with Crippen LogP contribution >= 0.6 is 0 Å². The monoisotopic (exact) mass is 555 g/mol. The van der Waals surface area contributed by atoms with E-state index < -0.39 is 54.0 Å². The van der Waals surface area contributed by atoms with Crippen LogP contribution < -0.4 is 16.4 Å². The van der Waals surface area contributed by atoms with E-state index in [0.717, 1.165) is 32.2 Å². The Balaban J connectivity index is 0.000000384. The Morgan fingerprint density at radius 3 is 2.26 bits per heavy atom. The number of rotatable bonds is 6. The van der Waals surface area contributed by atoms with E-state index in [9.17, 15) is 45.5 Å². The van der Waals surface area contributed by atoms with Crippen molar-refractivity contribution in [2.45, 2.75) is 76.3 Å². The van der Waals surface area contributed by atoms with E-state index in [2.05, 4.69) is 11.4 Å². The van der Waals surface area contributed by atoms with Gasteiger partial charge in [-0.05, 0) is 43.9 Å². The Labute approximate surface area is 215 Å². The number of nitriles is 1. The SMILES string of the molecule is CC(=O)NC(C(=O)N1CC2CCCC2C1C(N)=O)C(C(F)(F)F)C(F)(F)F.N#CCCC1CCCNC1=O. The molecular formula is C23H31F6N5O4. The third kappa shape index (κ3) is 7.73. The van der Waals surface area contributed by atoms with Crippen LogP contribution in [0.2, 0.25) is 0 Å². The van der Waals surface area contributed by atoms with Crippen molar-refractivity contribution in [3.63, 3.8) is 0 Å². The van der Waals surface area contributed by atoms with Gasteiger partial charge in [-0.3, -0.25) is 19.2 Å². The minimum atomic E-state index is -5.83. The van der Waals surface area contributed by atoms with Gasteiger partial charge in [0.2, 0.25) is 23.6 Å². The van der Waals surface area contributed by atoms with Gasteiger partial charge in [0.1, 0.15) is 12.1 Å². The first-order chi connectivity index (χ1) is 17.6. The molecule has 0 bridgehead atoms. The van der Waals surface area contributed by atoms with Gasteiger partial charge in [0.05, 0.1) is 6.07 Å². The maximum absolute atomic E-state index is 13.1. The zero-order valence-electron chi connectivity index (χ0n) is 20.7. The van der Waals surface area contributed by atoms with Gasteiger partial charge >= 0.3 is 12.4 Å². The molecule has 0 aromatic rings. The first-order valence-electron chi connectivity index (χ1n) is 12.2. The lowest BCUT2D eigenvalue weighted by Gasteiger charge is -2.34. The Kier molecular flexibility index (Phi) is 10.4. The van der Waals surface area contributed by atoms with Crippen LogP contribution in [-0.2, 0) is 19.2 Å². The number of nitrogens with two attached hydrogens (primary N) is 1. The Hall–Kier alpha value is -3.05. The van der Waals surface area contributed by atoms with E-state index >= 15 is 0 Å². The summed E-state index contributed by atoms with van der Waals surface area (Å²) in [6.45, 7) is 1.34. The predicted octanol–water partition coefficient (Wildman–Crippen LogP) is 2.16. The average Bonchev–Trinajstić information content (AvgIpc) is 3.37. The van der Waals surface area contributed by atoms with Crippen molar-refractivity contribution in [1.82, 2.24) is 15.5 Å². The predicted molar refractivity (Wildman–Crippen MR) is 119 cm³/mol. The molecule has 0 spiro atoms. The first kappa shape index (κ1) is 31.2. The standard InChI is InChI=1S/C15H19F6N3O3.C8H12N2O/c1-6(25)23-9(11(14(16,17)18)15(19,20)21)13(27)24-5-7-3-2-4-8(7)10(24)12(22)26;9-5-1-3-7-4-2-6-10-8(7)11/h7-11H,2-5H2,1H3,(H2,22,26)(H,23,25);7H,1-4,6H2,(H,10,11). The van der Waals surface area contributed by atoms with E-state index in [0.29, 0.717) is 31.1 Å². The lowest BCUT2D eigenvalue weighted by molar-refractivity contribution is -0.290. The van der Waals surface area contributed by atoms with Crippen LogP contribution in [0.3, 0.4) is 0 Å². The van der Waals surface area contributed by atoms with Crippen LogP contribution in [0.25, 0.3) is 0 Å². The second kappa shape index (κ2) is 12.7. The maximum Gasteiger partial charge on any atom is 0.403 e. The minimum absolute atomic E-state index is 0.100. The summed E-state index contributed by atoms with van der Waals surface area (Å²) >= 11 is 0. The van der Waals surface area contributed by atoms with Crippen LogP contribution in [0.5, 0.6) is 0 Å². The fourth-order valence-corrected chi connectivity index (χ4v) is 5.50. The highest BCUT2D eigenvalue weighted by molar-refractivity contribution is 5.92. The zero-order chi connectivity index (χ0) is 28.8. The number of primary amides is 1. The summed E-state index contributed by atoms with van der Waals surface area (Å²) in [5, 5.41) is 12.6. The molecule has 38 heavy (non-hydrogen) atoms. The molecule has 214 valence electrons. The van der Waals surface area contributed by atoms with E-state index in [-0.39, 0.29) is 24.3 Å². The smallest absolute Gasteiger partial charge is 0.368 e. The van der Waals surface area contributed by atoms with Crippen LogP contribution in [-0.4, -0.2) is 66.1 Å². The fraction of sp³-hybridized carbons (Fsp3) is 0.783. The topological polar surface area (TPSA) is 145 Å². The molecule has 3 fully saturated rings. The highest BCUT2D eigenvalue weighted by atomic mass is 19.4. The Bertz CT molecular complexity index is 921. The molecular weight excluding hydrogens is 524 g/mol. The molecule has 15 heteroatoms. The molecule has 4 N–H and O–H groups in total. The van der Waals surface area contributed by atoms with Crippen LogP contribution in [0, 0.1) is 35.0 Å². The molecule has 3 rings (SSSR count). The van der Waals surface area contributed by atoms with Crippen molar-refractivity contribution in [1.29, 1.82) is 5.26 Å². The number of carbonyl (C=O) groups is 4. The number of nitrogens with zero attached hydrogens (tertiary/aromatic N) is 2. The van der Waals surface area contributed by atoms with Crippen molar-refractivity contribution < 1.29 is 45.5 Å². The molecule has 3 aliphatic rings. The molecule has 2 aliphatic heterocycles. The summed E-state index contributed by atoms with van der Waals surface area (Å²) in [7, 11) is 0. The minimum Gasteiger partial charge on any atom is -0.368 e. The second-order valence-electron chi connectivity index (χ2n) is 9.76. The molecule has 2 saturated heterocycles. The van der Waals surface area contributed by atoms with Crippen LogP contribution in [0.1, 0.15) is 51.9 Å². The summed E-state index contributed by atoms with van der Waals surface area (Å²) < 4.78 is 78.7. The van der Waals surface area contributed by atoms with Gasteiger partial charge < -0.3 is 21.3 Å². The second-order valence-corrected chi connectivity index (χ2v) is 9.76. The van der Waals surface area contributed by atoms with Crippen molar-refractivity contribution in [2.75, 3.05) is 13.1 Å².